The molecule has 1 aliphatic heterocycles. The zero-order chi connectivity index (χ0) is 10.5. The van der Waals surface area contributed by atoms with Crippen LogP contribution in [0.15, 0.2) is 24.5 Å². The van der Waals surface area contributed by atoms with E-state index in [1.54, 1.807) is 12.4 Å². The molecule has 1 amide bonds. The van der Waals surface area contributed by atoms with Crippen molar-refractivity contribution >= 4 is 36.4 Å². The summed E-state index contributed by atoms with van der Waals surface area (Å²) in [6.07, 6.45) is 6.55. The summed E-state index contributed by atoms with van der Waals surface area (Å²) in [5.74, 6) is 0.0442. The molecule has 1 aromatic rings. The zero-order valence-electron chi connectivity index (χ0n) is 9.39. The molecule has 2 heterocycles. The fourth-order valence-corrected chi connectivity index (χ4v) is 1.74. The van der Waals surface area contributed by atoms with Crippen LogP contribution in [0, 0.1) is 0 Å². The second-order valence-corrected chi connectivity index (χ2v) is 3.73. The molecule has 96 valence electrons. The molecule has 0 spiro atoms. The van der Waals surface area contributed by atoms with E-state index >= 15 is 0 Å². The molecule has 1 fully saturated rings. The van der Waals surface area contributed by atoms with Gasteiger partial charge in [-0.05, 0) is 31.5 Å². The van der Waals surface area contributed by atoms with Gasteiger partial charge in [0.15, 0.2) is 0 Å². The minimum absolute atomic E-state index is 0. The molecule has 17 heavy (non-hydrogen) atoms. The highest BCUT2D eigenvalue weighted by Gasteiger charge is 2.20. The Balaban J connectivity index is 0.00000128. The molecule has 2 N–H and O–H groups in total. The Morgan fingerprint density at radius 1 is 1.41 bits per heavy atom. The molecule has 1 aromatic heterocycles. The van der Waals surface area contributed by atoms with Crippen LogP contribution in [0.2, 0.25) is 0 Å². The maximum Gasteiger partial charge on any atom is 0.241 e. The van der Waals surface area contributed by atoms with E-state index in [1.165, 1.54) is 0 Å². The Kier molecular flexibility index (Phi) is 7.87. The number of halogens is 2. The number of hydrogen-bond donors (Lipinski definition) is 2. The number of anilines is 1. The molecule has 4 nitrogen and oxygen atoms in total. The molecule has 0 unspecified atom stereocenters. The quantitative estimate of drug-likeness (QED) is 0.870. The smallest absolute Gasteiger partial charge is 0.241 e. The number of amides is 1. The lowest BCUT2D eigenvalue weighted by Gasteiger charge is -2.22. The normalized spacial score (nSPS) is 18.5. The average molecular weight is 278 g/mol. The highest BCUT2D eigenvalue weighted by Crippen LogP contribution is 2.10. The van der Waals surface area contributed by atoms with Gasteiger partial charge in [-0.2, -0.15) is 0 Å². The lowest BCUT2D eigenvalue weighted by molar-refractivity contribution is -0.118. The fraction of sp³-hybridized carbons (Fsp3) is 0.455. The molecule has 1 saturated heterocycles. The third-order valence-electron chi connectivity index (χ3n) is 2.56. The molecule has 0 aromatic carbocycles. The number of carbonyl (C=O) groups is 1. The summed E-state index contributed by atoms with van der Waals surface area (Å²) in [4.78, 5) is 15.7. The SMILES string of the molecule is Cl.Cl.O=C(Nc1cccnc1)[C@H]1CCCCN1. The first-order valence-corrected chi connectivity index (χ1v) is 5.30. The lowest BCUT2D eigenvalue weighted by Crippen LogP contribution is -2.43. The van der Waals surface area contributed by atoms with E-state index in [2.05, 4.69) is 15.6 Å². The van der Waals surface area contributed by atoms with Gasteiger partial charge in [-0.15, -0.1) is 24.8 Å². The van der Waals surface area contributed by atoms with Crippen LogP contribution < -0.4 is 10.6 Å². The van der Waals surface area contributed by atoms with Crippen LogP contribution in [0.1, 0.15) is 19.3 Å². The molecule has 2 rings (SSSR count). The lowest BCUT2D eigenvalue weighted by atomic mass is 10.0. The third kappa shape index (κ3) is 4.89. The summed E-state index contributed by atoms with van der Waals surface area (Å²) in [6, 6.07) is 3.61. The van der Waals surface area contributed by atoms with E-state index in [-0.39, 0.29) is 36.8 Å². The van der Waals surface area contributed by atoms with Gasteiger partial charge < -0.3 is 10.6 Å². The number of hydrogen-bond acceptors (Lipinski definition) is 3. The molecule has 6 heteroatoms. The summed E-state index contributed by atoms with van der Waals surface area (Å²) in [5.41, 5.74) is 0.759. The van der Waals surface area contributed by atoms with E-state index in [0.29, 0.717) is 0 Å². The van der Waals surface area contributed by atoms with Crippen LogP contribution in [0.5, 0.6) is 0 Å². The molecular weight excluding hydrogens is 261 g/mol. The third-order valence-corrected chi connectivity index (χ3v) is 2.56. The van der Waals surface area contributed by atoms with Crippen molar-refractivity contribution in [1.82, 2.24) is 10.3 Å². The van der Waals surface area contributed by atoms with Crippen molar-refractivity contribution in [3.63, 3.8) is 0 Å². The molecular formula is C11H17Cl2N3O. The minimum atomic E-state index is -0.0426. The molecule has 1 atom stereocenters. The summed E-state index contributed by atoms with van der Waals surface area (Å²) in [7, 11) is 0. The summed E-state index contributed by atoms with van der Waals surface area (Å²) in [5, 5.41) is 6.05. The molecule has 0 aliphatic carbocycles. The van der Waals surface area contributed by atoms with Crippen molar-refractivity contribution in [1.29, 1.82) is 0 Å². The van der Waals surface area contributed by atoms with Crippen molar-refractivity contribution in [3.05, 3.63) is 24.5 Å². The van der Waals surface area contributed by atoms with Gasteiger partial charge in [-0.3, -0.25) is 9.78 Å². The van der Waals surface area contributed by atoms with E-state index in [0.717, 1.165) is 31.5 Å². The van der Waals surface area contributed by atoms with Crippen LogP contribution >= 0.6 is 24.8 Å². The summed E-state index contributed by atoms with van der Waals surface area (Å²) < 4.78 is 0. The standard InChI is InChI=1S/C11H15N3O.2ClH/c15-11(10-5-1-2-7-13-10)14-9-4-3-6-12-8-9;;/h3-4,6,8,10,13H,1-2,5,7H2,(H,14,15);2*1H/t10-;;/m1../s1. The maximum atomic E-state index is 11.8. The maximum absolute atomic E-state index is 11.8. The number of nitrogens with zero attached hydrogens (tertiary/aromatic N) is 1. The van der Waals surface area contributed by atoms with Gasteiger partial charge in [-0.1, -0.05) is 6.42 Å². The van der Waals surface area contributed by atoms with Gasteiger partial charge in [0.05, 0.1) is 17.9 Å². The van der Waals surface area contributed by atoms with E-state index in [1.807, 2.05) is 12.1 Å². The van der Waals surface area contributed by atoms with E-state index in [9.17, 15) is 4.79 Å². The summed E-state index contributed by atoms with van der Waals surface area (Å²) in [6.45, 7) is 0.936. The molecule has 1 aliphatic rings. The van der Waals surface area contributed by atoms with Gasteiger partial charge in [0.1, 0.15) is 0 Å². The van der Waals surface area contributed by atoms with Gasteiger partial charge in [-0.25, -0.2) is 0 Å². The minimum Gasteiger partial charge on any atom is -0.323 e. The molecule has 0 radical (unpaired) electrons. The van der Waals surface area contributed by atoms with Crippen molar-refractivity contribution in [3.8, 4) is 0 Å². The van der Waals surface area contributed by atoms with Gasteiger partial charge >= 0.3 is 0 Å². The molecule has 0 saturated carbocycles. The Bertz CT molecular complexity index is 329. The van der Waals surface area contributed by atoms with Crippen LogP contribution in [0.4, 0.5) is 5.69 Å². The highest BCUT2D eigenvalue weighted by molar-refractivity contribution is 5.94. The Hall–Kier alpha value is -0.840. The van der Waals surface area contributed by atoms with Crippen LogP contribution in [0.25, 0.3) is 0 Å². The number of rotatable bonds is 2. The number of piperidine rings is 1. The highest BCUT2D eigenvalue weighted by atomic mass is 35.5. The first kappa shape index (κ1) is 16.2. The second-order valence-electron chi connectivity index (χ2n) is 3.73. The first-order chi connectivity index (χ1) is 7.36. The van der Waals surface area contributed by atoms with Crippen molar-refractivity contribution in [2.75, 3.05) is 11.9 Å². The topological polar surface area (TPSA) is 54.0 Å². The van der Waals surface area contributed by atoms with E-state index < -0.39 is 0 Å². The Morgan fingerprint density at radius 2 is 2.24 bits per heavy atom. The van der Waals surface area contributed by atoms with E-state index in [4.69, 9.17) is 0 Å². The Labute approximate surface area is 113 Å². The average Bonchev–Trinajstić information content (AvgIpc) is 2.31. The molecule has 0 bridgehead atoms. The Morgan fingerprint density at radius 3 is 2.82 bits per heavy atom. The van der Waals surface area contributed by atoms with Crippen molar-refractivity contribution in [2.24, 2.45) is 0 Å². The predicted octanol–water partition coefficient (Wildman–Crippen LogP) is 2.01. The largest absolute Gasteiger partial charge is 0.323 e. The second kappa shape index (κ2) is 8.28. The van der Waals surface area contributed by atoms with Crippen LogP contribution in [-0.4, -0.2) is 23.5 Å². The van der Waals surface area contributed by atoms with Crippen molar-refractivity contribution in [2.45, 2.75) is 25.3 Å². The van der Waals surface area contributed by atoms with Crippen LogP contribution in [-0.2, 0) is 4.79 Å². The van der Waals surface area contributed by atoms with Gasteiger partial charge in [0.25, 0.3) is 0 Å². The van der Waals surface area contributed by atoms with Gasteiger partial charge in [0, 0.05) is 6.20 Å². The number of aromatic nitrogens is 1. The van der Waals surface area contributed by atoms with Crippen molar-refractivity contribution < 1.29 is 4.79 Å². The predicted molar refractivity (Wildman–Crippen MR) is 73.0 cm³/mol. The monoisotopic (exact) mass is 277 g/mol. The zero-order valence-corrected chi connectivity index (χ0v) is 11.0. The van der Waals surface area contributed by atoms with Gasteiger partial charge in [0.2, 0.25) is 5.91 Å². The first-order valence-electron chi connectivity index (χ1n) is 5.30. The fourth-order valence-electron chi connectivity index (χ4n) is 1.74. The van der Waals surface area contributed by atoms with Crippen LogP contribution in [0.3, 0.4) is 0 Å². The summed E-state index contributed by atoms with van der Waals surface area (Å²) >= 11 is 0. The number of carbonyl (C=O) groups excluding carboxylic acids is 1. The number of nitrogens with one attached hydrogen (secondary N) is 2. The number of pyridine rings is 1.